The van der Waals surface area contributed by atoms with Gasteiger partial charge >= 0.3 is 0 Å². The number of benzene rings is 2. The molecule has 0 bridgehead atoms. The predicted molar refractivity (Wildman–Crippen MR) is 86.2 cm³/mol. The monoisotopic (exact) mass is 294 g/mol. The summed E-state index contributed by atoms with van der Waals surface area (Å²) in [5, 5.41) is 6.23. The van der Waals surface area contributed by atoms with E-state index in [2.05, 4.69) is 20.6 Å². The molecule has 0 saturated carbocycles. The van der Waals surface area contributed by atoms with Crippen LogP contribution in [0.1, 0.15) is 5.69 Å². The largest absolute Gasteiger partial charge is 0.340 e. The first-order valence-corrected chi connectivity index (χ1v) is 6.89. The second-order valence-electron chi connectivity index (χ2n) is 4.84. The molecule has 0 amide bonds. The molecule has 4 nitrogen and oxygen atoms in total. The summed E-state index contributed by atoms with van der Waals surface area (Å²) < 4.78 is 13.2. The Labute approximate surface area is 128 Å². The molecule has 0 spiro atoms. The number of hydrogen-bond acceptors (Lipinski definition) is 4. The van der Waals surface area contributed by atoms with Gasteiger partial charge in [0.2, 0.25) is 5.95 Å². The molecular formula is C17H15FN4. The smallest absolute Gasteiger partial charge is 0.229 e. The van der Waals surface area contributed by atoms with E-state index in [4.69, 9.17) is 0 Å². The number of aromatic nitrogens is 2. The van der Waals surface area contributed by atoms with Crippen LogP contribution < -0.4 is 10.6 Å². The van der Waals surface area contributed by atoms with Gasteiger partial charge in [0, 0.05) is 23.1 Å². The van der Waals surface area contributed by atoms with Crippen molar-refractivity contribution >= 4 is 23.1 Å². The third-order valence-electron chi connectivity index (χ3n) is 2.98. The SMILES string of the molecule is Cc1cc(Nc2ccccc2)nc(Nc2cccc(F)c2)n1. The van der Waals surface area contributed by atoms with Crippen molar-refractivity contribution in [3.05, 3.63) is 72.2 Å². The minimum atomic E-state index is -0.305. The van der Waals surface area contributed by atoms with Crippen LogP contribution in [0.3, 0.4) is 0 Å². The zero-order valence-corrected chi connectivity index (χ0v) is 12.0. The summed E-state index contributed by atoms with van der Waals surface area (Å²) in [5.41, 5.74) is 2.36. The quantitative estimate of drug-likeness (QED) is 0.748. The van der Waals surface area contributed by atoms with E-state index in [1.807, 2.05) is 43.3 Å². The van der Waals surface area contributed by atoms with Crippen LogP contribution in [-0.4, -0.2) is 9.97 Å². The summed E-state index contributed by atoms with van der Waals surface area (Å²) in [6, 6.07) is 17.8. The highest BCUT2D eigenvalue weighted by molar-refractivity contribution is 5.60. The van der Waals surface area contributed by atoms with Gasteiger partial charge < -0.3 is 10.6 Å². The first-order valence-electron chi connectivity index (χ1n) is 6.89. The minimum Gasteiger partial charge on any atom is -0.340 e. The maximum absolute atomic E-state index is 13.2. The third-order valence-corrected chi connectivity index (χ3v) is 2.98. The third kappa shape index (κ3) is 3.58. The van der Waals surface area contributed by atoms with Crippen molar-refractivity contribution in [1.82, 2.24) is 9.97 Å². The second kappa shape index (κ2) is 6.22. The van der Waals surface area contributed by atoms with E-state index < -0.39 is 0 Å². The maximum atomic E-state index is 13.2. The Morgan fingerprint density at radius 1 is 0.818 bits per heavy atom. The van der Waals surface area contributed by atoms with Crippen molar-refractivity contribution in [2.45, 2.75) is 6.92 Å². The maximum Gasteiger partial charge on any atom is 0.229 e. The first-order chi connectivity index (χ1) is 10.7. The number of para-hydroxylation sites is 1. The highest BCUT2D eigenvalue weighted by Gasteiger charge is 2.04. The summed E-state index contributed by atoms with van der Waals surface area (Å²) in [6.45, 7) is 1.88. The topological polar surface area (TPSA) is 49.8 Å². The van der Waals surface area contributed by atoms with Crippen LogP contribution in [0.15, 0.2) is 60.7 Å². The van der Waals surface area contributed by atoms with E-state index in [1.165, 1.54) is 12.1 Å². The average Bonchev–Trinajstić information content (AvgIpc) is 2.47. The Morgan fingerprint density at radius 3 is 2.36 bits per heavy atom. The van der Waals surface area contributed by atoms with E-state index in [0.717, 1.165) is 11.4 Å². The molecule has 0 atom stereocenters. The van der Waals surface area contributed by atoms with Gasteiger partial charge in [0.15, 0.2) is 0 Å². The average molecular weight is 294 g/mol. The number of halogens is 1. The summed E-state index contributed by atoms with van der Waals surface area (Å²) in [7, 11) is 0. The van der Waals surface area contributed by atoms with Crippen LogP contribution in [0.25, 0.3) is 0 Å². The molecule has 2 N–H and O–H groups in total. The van der Waals surface area contributed by atoms with Gasteiger partial charge in [0.25, 0.3) is 0 Å². The number of nitrogens with zero attached hydrogens (tertiary/aromatic N) is 2. The molecule has 1 heterocycles. The van der Waals surface area contributed by atoms with Crippen molar-refractivity contribution in [2.24, 2.45) is 0 Å². The van der Waals surface area contributed by atoms with Crippen LogP contribution in [-0.2, 0) is 0 Å². The molecule has 0 fully saturated rings. The molecule has 3 rings (SSSR count). The van der Waals surface area contributed by atoms with E-state index in [1.54, 1.807) is 12.1 Å². The number of aryl methyl sites for hydroxylation is 1. The van der Waals surface area contributed by atoms with Crippen LogP contribution in [0.2, 0.25) is 0 Å². The molecule has 5 heteroatoms. The predicted octanol–water partition coefficient (Wildman–Crippen LogP) is 4.41. The van der Waals surface area contributed by atoms with E-state index >= 15 is 0 Å². The number of hydrogen-bond donors (Lipinski definition) is 2. The lowest BCUT2D eigenvalue weighted by molar-refractivity contribution is 0.628. The Balaban J connectivity index is 1.83. The van der Waals surface area contributed by atoms with Crippen LogP contribution >= 0.6 is 0 Å². The van der Waals surface area contributed by atoms with E-state index in [9.17, 15) is 4.39 Å². The molecule has 110 valence electrons. The fraction of sp³-hybridized carbons (Fsp3) is 0.0588. The van der Waals surface area contributed by atoms with Crippen LogP contribution in [0.4, 0.5) is 27.5 Å². The number of nitrogens with one attached hydrogen (secondary N) is 2. The Morgan fingerprint density at radius 2 is 1.59 bits per heavy atom. The summed E-state index contributed by atoms with van der Waals surface area (Å²) in [6.07, 6.45) is 0. The fourth-order valence-electron chi connectivity index (χ4n) is 2.05. The van der Waals surface area contributed by atoms with Crippen LogP contribution in [0, 0.1) is 12.7 Å². The normalized spacial score (nSPS) is 10.3. The Kier molecular flexibility index (Phi) is 3.96. The van der Waals surface area contributed by atoms with Crippen molar-refractivity contribution in [3.63, 3.8) is 0 Å². The summed E-state index contributed by atoms with van der Waals surface area (Å²) >= 11 is 0. The van der Waals surface area contributed by atoms with Crippen molar-refractivity contribution in [2.75, 3.05) is 10.6 Å². The lowest BCUT2D eigenvalue weighted by Gasteiger charge is -2.10. The number of anilines is 4. The zero-order valence-electron chi connectivity index (χ0n) is 12.0. The lowest BCUT2D eigenvalue weighted by atomic mass is 10.3. The molecular weight excluding hydrogens is 279 g/mol. The second-order valence-corrected chi connectivity index (χ2v) is 4.84. The zero-order chi connectivity index (χ0) is 15.4. The van der Waals surface area contributed by atoms with Crippen molar-refractivity contribution < 1.29 is 4.39 Å². The Hall–Kier alpha value is -2.95. The molecule has 0 aliphatic heterocycles. The van der Waals surface area contributed by atoms with Gasteiger partial charge in [0.1, 0.15) is 11.6 Å². The van der Waals surface area contributed by atoms with Crippen molar-refractivity contribution in [1.29, 1.82) is 0 Å². The molecule has 0 aliphatic carbocycles. The first kappa shape index (κ1) is 14.0. The molecule has 1 aromatic heterocycles. The molecule has 0 unspecified atom stereocenters. The fourth-order valence-corrected chi connectivity index (χ4v) is 2.05. The van der Waals surface area contributed by atoms with Crippen LogP contribution in [0.5, 0.6) is 0 Å². The minimum absolute atomic E-state index is 0.305. The molecule has 3 aromatic rings. The van der Waals surface area contributed by atoms with E-state index in [-0.39, 0.29) is 5.82 Å². The summed E-state index contributed by atoms with van der Waals surface area (Å²) in [4.78, 5) is 8.71. The lowest BCUT2D eigenvalue weighted by Crippen LogP contribution is -2.02. The van der Waals surface area contributed by atoms with Gasteiger partial charge in [-0.15, -0.1) is 0 Å². The summed E-state index contributed by atoms with van der Waals surface area (Å²) in [5.74, 6) is 0.793. The number of rotatable bonds is 4. The molecule has 2 aromatic carbocycles. The van der Waals surface area contributed by atoms with Gasteiger partial charge in [-0.05, 0) is 37.3 Å². The molecule has 0 radical (unpaired) electrons. The van der Waals surface area contributed by atoms with Crippen molar-refractivity contribution in [3.8, 4) is 0 Å². The standard InChI is InChI=1S/C17H15FN4/c1-12-10-16(20-14-7-3-2-4-8-14)22-17(19-12)21-15-9-5-6-13(18)11-15/h2-11H,1H3,(H2,19,20,21,22). The van der Waals surface area contributed by atoms with Gasteiger partial charge in [0.05, 0.1) is 0 Å². The molecule has 0 aliphatic rings. The van der Waals surface area contributed by atoms with E-state index in [0.29, 0.717) is 17.5 Å². The Bertz CT molecular complexity index is 775. The van der Waals surface area contributed by atoms with Gasteiger partial charge in [-0.25, -0.2) is 9.37 Å². The molecule has 22 heavy (non-hydrogen) atoms. The molecule has 0 saturated heterocycles. The van der Waals surface area contributed by atoms with Gasteiger partial charge in [-0.1, -0.05) is 24.3 Å². The van der Waals surface area contributed by atoms with Gasteiger partial charge in [-0.3, -0.25) is 0 Å². The van der Waals surface area contributed by atoms with Gasteiger partial charge in [-0.2, -0.15) is 4.98 Å². The highest BCUT2D eigenvalue weighted by Crippen LogP contribution is 2.19. The highest BCUT2D eigenvalue weighted by atomic mass is 19.1.